The van der Waals surface area contributed by atoms with Gasteiger partial charge in [0.25, 0.3) is 0 Å². The zero-order valence-corrected chi connectivity index (χ0v) is 19.8. The number of benzene rings is 2. The average molecular weight is 494 g/mol. The van der Waals surface area contributed by atoms with Crippen molar-refractivity contribution in [1.82, 2.24) is 30.1 Å². The number of rotatable bonds is 6. The number of aromatic nitrogens is 6. The van der Waals surface area contributed by atoms with Crippen molar-refractivity contribution >= 4 is 27.6 Å². The van der Waals surface area contributed by atoms with Crippen molar-refractivity contribution in [2.75, 3.05) is 5.32 Å². The lowest BCUT2D eigenvalue weighted by Gasteiger charge is -2.09. The van der Waals surface area contributed by atoms with Crippen molar-refractivity contribution in [3.05, 3.63) is 91.0 Å². The number of fused-ring (bicyclic) bond motifs is 2. The second-order valence-corrected chi connectivity index (χ2v) is 8.59. The lowest BCUT2D eigenvalue weighted by atomic mass is 10.0. The molecule has 6 rings (SSSR count). The topological polar surface area (TPSA) is 95.2 Å². The van der Waals surface area contributed by atoms with Crippen LogP contribution in [0.5, 0.6) is 0 Å². The van der Waals surface area contributed by atoms with Gasteiger partial charge in [-0.05, 0) is 24.6 Å². The van der Waals surface area contributed by atoms with Gasteiger partial charge in [0.1, 0.15) is 17.2 Å². The molecule has 7 nitrogen and oxygen atoms in total. The number of H-pyrrole nitrogens is 2. The molecule has 0 aliphatic heterocycles. The number of aromatic amines is 2. The molecule has 182 valence electrons. The second kappa shape index (κ2) is 8.94. The molecule has 0 aliphatic rings. The fourth-order valence-electron chi connectivity index (χ4n) is 4.32. The molecule has 0 saturated carbocycles. The van der Waals surface area contributed by atoms with Crippen LogP contribution in [0.4, 0.5) is 14.5 Å². The first-order valence-electron chi connectivity index (χ1n) is 11.7. The molecular formula is C28H21F2N7. The Kier molecular flexibility index (Phi) is 5.45. The molecular weight excluding hydrogens is 472 g/mol. The summed E-state index contributed by atoms with van der Waals surface area (Å²) in [7, 11) is 0. The molecule has 0 radical (unpaired) electrons. The Morgan fingerprint density at radius 3 is 2.65 bits per heavy atom. The standard InChI is InChI=1S/C28H21F2N7/c1-3-15(2)33-17-11-16(12-31-13-17)25-24(30)23-22(14-32-25)36-37-27(23)28-34-21-10-6-8-19(26(21)35-28)18-7-4-5-9-20(18)29/h4-14,33H,2-3H2,1H3,(H,34,35)(H,36,37). The van der Waals surface area contributed by atoms with E-state index < -0.39 is 5.82 Å². The van der Waals surface area contributed by atoms with Crippen LogP contribution in [-0.2, 0) is 0 Å². The van der Waals surface area contributed by atoms with E-state index in [0.29, 0.717) is 50.4 Å². The third-order valence-corrected chi connectivity index (χ3v) is 6.21. The van der Waals surface area contributed by atoms with Crippen LogP contribution in [0.3, 0.4) is 0 Å². The summed E-state index contributed by atoms with van der Waals surface area (Å²) in [5.74, 6) is -0.544. The van der Waals surface area contributed by atoms with E-state index in [2.05, 4.69) is 37.0 Å². The van der Waals surface area contributed by atoms with Crippen molar-refractivity contribution in [1.29, 1.82) is 0 Å². The summed E-state index contributed by atoms with van der Waals surface area (Å²) >= 11 is 0. The van der Waals surface area contributed by atoms with Gasteiger partial charge in [0.15, 0.2) is 11.6 Å². The lowest BCUT2D eigenvalue weighted by Crippen LogP contribution is -1.98. The summed E-state index contributed by atoms with van der Waals surface area (Å²) in [5.41, 5.74) is 5.18. The summed E-state index contributed by atoms with van der Waals surface area (Å²) in [5, 5.41) is 10.6. The number of para-hydroxylation sites is 1. The number of pyridine rings is 2. The number of imidazole rings is 1. The third kappa shape index (κ3) is 3.90. The predicted octanol–water partition coefficient (Wildman–Crippen LogP) is 6.84. The number of nitrogens with one attached hydrogen (secondary N) is 3. The van der Waals surface area contributed by atoms with Gasteiger partial charge in [-0.1, -0.05) is 43.8 Å². The highest BCUT2D eigenvalue weighted by molar-refractivity contribution is 5.98. The predicted molar refractivity (Wildman–Crippen MR) is 141 cm³/mol. The van der Waals surface area contributed by atoms with Crippen LogP contribution in [0.15, 0.2) is 79.4 Å². The first kappa shape index (κ1) is 22.5. The van der Waals surface area contributed by atoms with Crippen LogP contribution in [-0.4, -0.2) is 30.1 Å². The van der Waals surface area contributed by atoms with E-state index in [1.165, 1.54) is 12.3 Å². The number of nitrogens with zero attached hydrogens (tertiary/aromatic N) is 4. The van der Waals surface area contributed by atoms with Gasteiger partial charge < -0.3 is 10.3 Å². The van der Waals surface area contributed by atoms with E-state index in [4.69, 9.17) is 4.98 Å². The zero-order valence-electron chi connectivity index (χ0n) is 19.8. The van der Waals surface area contributed by atoms with Crippen molar-refractivity contribution in [3.63, 3.8) is 0 Å². The van der Waals surface area contributed by atoms with E-state index in [0.717, 1.165) is 12.1 Å². The number of hydrogen-bond acceptors (Lipinski definition) is 5. The first-order valence-corrected chi connectivity index (χ1v) is 11.7. The Hall–Kier alpha value is -4.92. The van der Waals surface area contributed by atoms with Crippen LogP contribution >= 0.6 is 0 Å². The van der Waals surface area contributed by atoms with Gasteiger partial charge in [0.05, 0.1) is 40.0 Å². The Balaban J connectivity index is 1.48. The SMILES string of the molecule is C=C(CC)Nc1cncc(-c2ncc3[nH]nc(-c4nc5c(-c6ccccc6F)cccc5[nH]4)c3c2F)c1. The number of allylic oxidation sites excluding steroid dienone is 1. The normalized spacial score (nSPS) is 11.3. The highest BCUT2D eigenvalue weighted by Crippen LogP contribution is 2.35. The summed E-state index contributed by atoms with van der Waals surface area (Å²) in [4.78, 5) is 16.5. The molecule has 3 N–H and O–H groups in total. The van der Waals surface area contributed by atoms with Crippen molar-refractivity contribution in [3.8, 4) is 33.9 Å². The van der Waals surface area contributed by atoms with Crippen LogP contribution in [0, 0.1) is 11.6 Å². The van der Waals surface area contributed by atoms with Gasteiger partial charge in [0, 0.05) is 28.6 Å². The molecule has 0 aliphatic carbocycles. The molecule has 6 aromatic rings. The van der Waals surface area contributed by atoms with Gasteiger partial charge in [0.2, 0.25) is 0 Å². The molecule has 4 aromatic heterocycles. The monoisotopic (exact) mass is 493 g/mol. The highest BCUT2D eigenvalue weighted by atomic mass is 19.1. The molecule has 0 unspecified atom stereocenters. The fourth-order valence-corrected chi connectivity index (χ4v) is 4.32. The minimum absolute atomic E-state index is 0.136. The molecule has 0 atom stereocenters. The number of halogens is 2. The van der Waals surface area contributed by atoms with E-state index in [1.807, 2.05) is 19.1 Å². The second-order valence-electron chi connectivity index (χ2n) is 8.59. The maximum atomic E-state index is 16.0. The number of hydrogen-bond donors (Lipinski definition) is 3. The quantitative estimate of drug-likeness (QED) is 0.236. The van der Waals surface area contributed by atoms with Crippen molar-refractivity contribution in [2.45, 2.75) is 13.3 Å². The Bertz CT molecular complexity index is 1800. The van der Waals surface area contributed by atoms with Gasteiger partial charge >= 0.3 is 0 Å². The van der Waals surface area contributed by atoms with Crippen LogP contribution in [0.25, 0.3) is 55.8 Å². The first-order chi connectivity index (χ1) is 18.0. The Morgan fingerprint density at radius 1 is 0.973 bits per heavy atom. The molecule has 4 heterocycles. The highest BCUT2D eigenvalue weighted by Gasteiger charge is 2.21. The fraction of sp³-hybridized carbons (Fsp3) is 0.0714. The lowest BCUT2D eigenvalue weighted by molar-refractivity contribution is 0.631. The Labute approximate surface area is 210 Å². The average Bonchev–Trinajstić information content (AvgIpc) is 3.54. The van der Waals surface area contributed by atoms with Crippen molar-refractivity contribution in [2.24, 2.45) is 0 Å². The molecule has 0 fully saturated rings. The molecule has 0 bridgehead atoms. The maximum absolute atomic E-state index is 16.0. The summed E-state index contributed by atoms with van der Waals surface area (Å²) in [6.45, 7) is 5.93. The molecule has 0 spiro atoms. The van der Waals surface area contributed by atoms with Crippen molar-refractivity contribution < 1.29 is 8.78 Å². The van der Waals surface area contributed by atoms with Crippen LogP contribution in [0.2, 0.25) is 0 Å². The van der Waals surface area contributed by atoms with Gasteiger partial charge in [-0.15, -0.1) is 0 Å². The summed E-state index contributed by atoms with van der Waals surface area (Å²) in [6, 6.07) is 13.7. The van der Waals surface area contributed by atoms with Gasteiger partial charge in [-0.3, -0.25) is 15.1 Å². The molecule has 9 heteroatoms. The minimum atomic E-state index is -0.552. The van der Waals surface area contributed by atoms with E-state index in [9.17, 15) is 4.39 Å². The van der Waals surface area contributed by atoms with Gasteiger partial charge in [-0.25, -0.2) is 13.8 Å². The third-order valence-electron chi connectivity index (χ3n) is 6.21. The number of anilines is 1. The van der Waals surface area contributed by atoms with E-state index in [-0.39, 0.29) is 16.9 Å². The Morgan fingerprint density at radius 2 is 1.81 bits per heavy atom. The van der Waals surface area contributed by atoms with Crippen LogP contribution < -0.4 is 5.32 Å². The van der Waals surface area contributed by atoms with Gasteiger partial charge in [-0.2, -0.15) is 5.10 Å². The van der Waals surface area contributed by atoms with E-state index in [1.54, 1.807) is 42.7 Å². The molecule has 2 aromatic carbocycles. The van der Waals surface area contributed by atoms with Crippen LogP contribution in [0.1, 0.15) is 13.3 Å². The summed E-state index contributed by atoms with van der Waals surface area (Å²) in [6.07, 6.45) is 5.48. The molecule has 0 amide bonds. The zero-order chi connectivity index (χ0) is 25.5. The molecule has 37 heavy (non-hydrogen) atoms. The minimum Gasteiger partial charge on any atom is -0.358 e. The smallest absolute Gasteiger partial charge is 0.161 e. The molecule has 0 saturated heterocycles. The largest absolute Gasteiger partial charge is 0.358 e. The summed E-state index contributed by atoms with van der Waals surface area (Å²) < 4.78 is 30.5. The van der Waals surface area contributed by atoms with E-state index >= 15 is 4.39 Å². The maximum Gasteiger partial charge on any atom is 0.161 e.